The monoisotopic (exact) mass is 243 g/mol. The number of hydrogen-bond donors (Lipinski definition) is 1. The van der Waals surface area contributed by atoms with Gasteiger partial charge in [0.25, 0.3) is 0 Å². The van der Waals surface area contributed by atoms with E-state index in [-0.39, 0.29) is 0 Å². The van der Waals surface area contributed by atoms with Crippen LogP contribution in [0.1, 0.15) is 5.56 Å². The molecule has 0 spiro atoms. The van der Waals surface area contributed by atoms with Crippen molar-refractivity contribution in [2.75, 3.05) is 0 Å². The summed E-state index contributed by atoms with van der Waals surface area (Å²) in [7, 11) is 0. The van der Waals surface area contributed by atoms with E-state index < -0.39 is 11.6 Å². The van der Waals surface area contributed by atoms with Crippen molar-refractivity contribution in [3.8, 4) is 11.3 Å². The number of halogens is 2. The van der Waals surface area contributed by atoms with E-state index in [0.29, 0.717) is 5.56 Å². The summed E-state index contributed by atoms with van der Waals surface area (Å²) in [6.07, 6.45) is 0. The number of aromatic nitrogens is 1. The second-order valence-corrected chi connectivity index (χ2v) is 4.40. The fourth-order valence-electron chi connectivity index (χ4n) is 2.07. The first-order valence-electron chi connectivity index (χ1n) is 5.68. The van der Waals surface area contributed by atoms with Crippen molar-refractivity contribution in [2.24, 2.45) is 0 Å². The second-order valence-electron chi connectivity index (χ2n) is 4.40. The van der Waals surface area contributed by atoms with E-state index in [1.165, 1.54) is 11.6 Å². The SMILES string of the molecule is Cc1ccc2[nH]c(-c3ccc(F)c(F)c3)cc2c1. The van der Waals surface area contributed by atoms with E-state index in [9.17, 15) is 8.78 Å². The van der Waals surface area contributed by atoms with Crippen LogP contribution >= 0.6 is 0 Å². The van der Waals surface area contributed by atoms with E-state index in [2.05, 4.69) is 11.1 Å². The zero-order valence-electron chi connectivity index (χ0n) is 9.80. The molecule has 90 valence electrons. The van der Waals surface area contributed by atoms with Gasteiger partial charge in [-0.15, -0.1) is 0 Å². The van der Waals surface area contributed by atoms with Crippen LogP contribution in [-0.2, 0) is 0 Å². The summed E-state index contributed by atoms with van der Waals surface area (Å²) in [5.41, 5.74) is 3.58. The summed E-state index contributed by atoms with van der Waals surface area (Å²) in [5.74, 6) is -1.66. The summed E-state index contributed by atoms with van der Waals surface area (Å²) >= 11 is 0. The Hall–Kier alpha value is -2.16. The number of rotatable bonds is 1. The van der Waals surface area contributed by atoms with Crippen molar-refractivity contribution in [2.45, 2.75) is 6.92 Å². The lowest BCUT2D eigenvalue weighted by Crippen LogP contribution is -1.85. The number of H-pyrrole nitrogens is 1. The van der Waals surface area contributed by atoms with Gasteiger partial charge >= 0.3 is 0 Å². The highest BCUT2D eigenvalue weighted by Crippen LogP contribution is 2.25. The number of fused-ring (bicyclic) bond motifs is 1. The van der Waals surface area contributed by atoms with Crippen LogP contribution in [0.5, 0.6) is 0 Å². The number of benzene rings is 2. The lowest BCUT2D eigenvalue weighted by molar-refractivity contribution is 0.509. The Morgan fingerprint density at radius 2 is 1.72 bits per heavy atom. The quantitative estimate of drug-likeness (QED) is 0.651. The molecule has 0 bridgehead atoms. The standard InChI is InChI=1S/C15H11F2N/c1-9-2-5-14-11(6-9)8-15(18-14)10-3-4-12(16)13(17)7-10/h2-8,18H,1H3. The molecule has 0 radical (unpaired) electrons. The van der Waals surface area contributed by atoms with Crippen molar-refractivity contribution < 1.29 is 8.78 Å². The maximum absolute atomic E-state index is 13.2. The lowest BCUT2D eigenvalue weighted by atomic mass is 10.1. The molecule has 18 heavy (non-hydrogen) atoms. The zero-order chi connectivity index (χ0) is 12.7. The van der Waals surface area contributed by atoms with Gasteiger partial charge in [0.2, 0.25) is 0 Å². The first-order chi connectivity index (χ1) is 8.63. The van der Waals surface area contributed by atoms with Crippen LogP contribution in [0.25, 0.3) is 22.2 Å². The largest absolute Gasteiger partial charge is 0.355 e. The highest BCUT2D eigenvalue weighted by Gasteiger charge is 2.07. The van der Waals surface area contributed by atoms with Gasteiger partial charge in [0.1, 0.15) is 0 Å². The van der Waals surface area contributed by atoms with Crippen LogP contribution in [0.4, 0.5) is 8.78 Å². The Labute approximate surface area is 103 Å². The number of aryl methyl sites for hydroxylation is 1. The van der Waals surface area contributed by atoms with Gasteiger partial charge in [-0.3, -0.25) is 0 Å². The zero-order valence-corrected chi connectivity index (χ0v) is 9.80. The smallest absolute Gasteiger partial charge is 0.159 e. The van der Waals surface area contributed by atoms with Crippen LogP contribution in [0, 0.1) is 18.6 Å². The predicted octanol–water partition coefficient (Wildman–Crippen LogP) is 4.42. The molecule has 0 aliphatic carbocycles. The van der Waals surface area contributed by atoms with E-state index in [0.717, 1.165) is 22.7 Å². The molecule has 0 aliphatic heterocycles. The fraction of sp³-hybridized carbons (Fsp3) is 0.0667. The highest BCUT2D eigenvalue weighted by molar-refractivity contribution is 5.86. The maximum Gasteiger partial charge on any atom is 0.159 e. The Kier molecular flexibility index (Phi) is 2.40. The molecule has 2 aromatic carbocycles. The molecule has 0 amide bonds. The Balaban J connectivity index is 2.16. The van der Waals surface area contributed by atoms with Gasteiger partial charge in [-0.25, -0.2) is 8.78 Å². The molecule has 0 saturated carbocycles. The lowest BCUT2D eigenvalue weighted by Gasteiger charge is -1.98. The molecule has 3 aromatic rings. The molecule has 3 heteroatoms. The molecule has 0 saturated heterocycles. The number of hydrogen-bond acceptors (Lipinski definition) is 0. The van der Waals surface area contributed by atoms with Crippen LogP contribution < -0.4 is 0 Å². The van der Waals surface area contributed by atoms with Gasteiger partial charge in [-0.1, -0.05) is 11.6 Å². The molecule has 0 unspecified atom stereocenters. The second kappa shape index (κ2) is 3.95. The van der Waals surface area contributed by atoms with Crippen LogP contribution in [0.2, 0.25) is 0 Å². The topological polar surface area (TPSA) is 15.8 Å². The predicted molar refractivity (Wildman–Crippen MR) is 68.4 cm³/mol. The summed E-state index contributed by atoms with van der Waals surface area (Å²) in [4.78, 5) is 3.20. The highest BCUT2D eigenvalue weighted by atomic mass is 19.2. The third kappa shape index (κ3) is 1.78. The van der Waals surface area contributed by atoms with Gasteiger partial charge in [0, 0.05) is 22.2 Å². The van der Waals surface area contributed by atoms with E-state index in [1.807, 2.05) is 25.1 Å². The molecule has 0 aliphatic rings. The van der Waals surface area contributed by atoms with Crippen molar-refractivity contribution in [1.29, 1.82) is 0 Å². The molecule has 0 atom stereocenters. The third-order valence-corrected chi connectivity index (χ3v) is 3.01. The van der Waals surface area contributed by atoms with Gasteiger partial charge in [0.05, 0.1) is 0 Å². The van der Waals surface area contributed by atoms with Crippen molar-refractivity contribution in [3.63, 3.8) is 0 Å². The maximum atomic E-state index is 13.2. The molecular formula is C15H11F2N. The molecule has 1 nitrogen and oxygen atoms in total. The molecule has 3 rings (SSSR count). The molecule has 1 aromatic heterocycles. The minimum Gasteiger partial charge on any atom is -0.355 e. The third-order valence-electron chi connectivity index (χ3n) is 3.01. The van der Waals surface area contributed by atoms with Gasteiger partial charge in [-0.2, -0.15) is 0 Å². The van der Waals surface area contributed by atoms with Gasteiger partial charge < -0.3 is 4.98 Å². The van der Waals surface area contributed by atoms with Crippen LogP contribution in [0.3, 0.4) is 0 Å². The number of aromatic amines is 1. The summed E-state index contributed by atoms with van der Waals surface area (Å²) in [6.45, 7) is 2.02. The molecular weight excluding hydrogens is 232 g/mol. The first kappa shape index (κ1) is 11.0. The van der Waals surface area contributed by atoms with Gasteiger partial charge in [-0.05, 0) is 43.3 Å². The normalized spacial score (nSPS) is 11.1. The fourth-order valence-corrected chi connectivity index (χ4v) is 2.07. The minimum atomic E-state index is -0.831. The Bertz CT molecular complexity index is 728. The van der Waals surface area contributed by atoms with Crippen molar-refractivity contribution in [1.82, 2.24) is 4.98 Å². The summed E-state index contributed by atoms with van der Waals surface area (Å²) in [6, 6.07) is 11.9. The molecule has 0 fully saturated rings. The summed E-state index contributed by atoms with van der Waals surface area (Å²) in [5, 5.41) is 1.06. The average molecular weight is 243 g/mol. The van der Waals surface area contributed by atoms with Crippen LogP contribution in [0.15, 0.2) is 42.5 Å². The average Bonchev–Trinajstić information content (AvgIpc) is 2.75. The molecule has 1 heterocycles. The first-order valence-corrected chi connectivity index (χ1v) is 5.68. The van der Waals surface area contributed by atoms with Gasteiger partial charge in [0.15, 0.2) is 11.6 Å². The van der Waals surface area contributed by atoms with Crippen molar-refractivity contribution in [3.05, 3.63) is 59.7 Å². The van der Waals surface area contributed by atoms with E-state index in [4.69, 9.17) is 0 Å². The van der Waals surface area contributed by atoms with Crippen molar-refractivity contribution >= 4 is 10.9 Å². The Morgan fingerprint density at radius 3 is 2.50 bits per heavy atom. The Morgan fingerprint density at radius 1 is 0.889 bits per heavy atom. The molecule has 1 N–H and O–H groups in total. The number of nitrogens with one attached hydrogen (secondary N) is 1. The van der Waals surface area contributed by atoms with E-state index in [1.54, 1.807) is 6.07 Å². The minimum absolute atomic E-state index is 0.641. The summed E-state index contributed by atoms with van der Waals surface area (Å²) < 4.78 is 26.1. The van der Waals surface area contributed by atoms with E-state index >= 15 is 0 Å². The van der Waals surface area contributed by atoms with Crippen LogP contribution in [-0.4, -0.2) is 4.98 Å².